The number of anilines is 1. The summed E-state index contributed by atoms with van der Waals surface area (Å²) in [4.78, 5) is 25.4. The van der Waals surface area contributed by atoms with Crippen molar-refractivity contribution < 1.29 is 14.3 Å². The van der Waals surface area contributed by atoms with E-state index in [0.717, 1.165) is 14.9 Å². The molecule has 0 aliphatic heterocycles. The molecule has 0 aliphatic carbocycles. The van der Waals surface area contributed by atoms with E-state index in [-0.39, 0.29) is 5.91 Å². The number of amides is 1. The van der Waals surface area contributed by atoms with Crippen molar-refractivity contribution in [2.24, 2.45) is 0 Å². The first-order chi connectivity index (χ1) is 10.5. The first kappa shape index (κ1) is 16.7. The highest BCUT2D eigenvalue weighted by Gasteiger charge is 2.23. The molecule has 0 bridgehead atoms. The molecule has 1 N–H and O–H groups in total. The Hall–Kier alpha value is -1.66. The summed E-state index contributed by atoms with van der Waals surface area (Å²) < 4.78 is 5.67. The minimum Gasteiger partial charge on any atom is -0.465 e. The van der Waals surface area contributed by atoms with E-state index in [2.05, 4.69) is 21.2 Å². The number of aryl methyl sites for hydroxylation is 1. The molecule has 22 heavy (non-hydrogen) atoms. The van der Waals surface area contributed by atoms with Gasteiger partial charge in [0.15, 0.2) is 0 Å². The van der Waals surface area contributed by atoms with Crippen molar-refractivity contribution in [1.82, 2.24) is 0 Å². The highest BCUT2D eigenvalue weighted by Crippen LogP contribution is 2.34. The van der Waals surface area contributed by atoms with Crippen LogP contribution in [0.1, 0.15) is 38.1 Å². The third-order valence-corrected chi connectivity index (χ3v) is 4.82. The van der Waals surface area contributed by atoms with Crippen molar-refractivity contribution in [3.05, 3.63) is 50.3 Å². The molecule has 116 valence electrons. The zero-order valence-corrected chi connectivity index (χ0v) is 14.9. The maximum absolute atomic E-state index is 12.4. The van der Waals surface area contributed by atoms with Crippen molar-refractivity contribution in [3.63, 3.8) is 0 Å². The summed E-state index contributed by atoms with van der Waals surface area (Å²) in [7, 11) is 1.34. The molecule has 0 unspecified atom stereocenters. The van der Waals surface area contributed by atoms with Gasteiger partial charge in [-0.05, 0) is 37.1 Å². The normalized spacial score (nSPS) is 10.4. The van der Waals surface area contributed by atoms with Gasteiger partial charge < -0.3 is 10.1 Å². The van der Waals surface area contributed by atoms with Crippen LogP contribution in [0.2, 0.25) is 0 Å². The molecule has 4 nitrogen and oxygen atoms in total. The molecule has 2 aromatic rings. The number of methoxy groups -OCH3 is 1. The van der Waals surface area contributed by atoms with Crippen LogP contribution in [-0.2, 0) is 11.2 Å². The van der Waals surface area contributed by atoms with Gasteiger partial charge in [-0.15, -0.1) is 11.3 Å². The number of rotatable bonds is 4. The fraction of sp³-hybridized carbons (Fsp3) is 0.250. The molecule has 0 saturated carbocycles. The van der Waals surface area contributed by atoms with Crippen molar-refractivity contribution in [2.75, 3.05) is 12.4 Å². The third-order valence-electron chi connectivity index (χ3n) is 3.27. The molecule has 1 amide bonds. The van der Waals surface area contributed by atoms with E-state index in [1.807, 2.05) is 19.9 Å². The molecule has 6 heteroatoms. The second-order valence-corrected chi connectivity index (χ2v) is 6.79. The van der Waals surface area contributed by atoms with E-state index in [1.165, 1.54) is 18.4 Å². The number of nitrogens with one attached hydrogen (secondary N) is 1. The largest absolute Gasteiger partial charge is 0.465 e. The van der Waals surface area contributed by atoms with Crippen molar-refractivity contribution in [2.45, 2.75) is 20.3 Å². The van der Waals surface area contributed by atoms with Crippen LogP contribution >= 0.6 is 27.3 Å². The van der Waals surface area contributed by atoms with E-state index in [0.29, 0.717) is 22.5 Å². The van der Waals surface area contributed by atoms with Crippen molar-refractivity contribution in [1.29, 1.82) is 0 Å². The van der Waals surface area contributed by atoms with Crippen LogP contribution in [0.4, 0.5) is 5.00 Å². The first-order valence-corrected chi connectivity index (χ1v) is 8.36. The molecular weight excluding hydrogens is 366 g/mol. The Bertz CT molecular complexity index is 724. The Morgan fingerprint density at radius 3 is 2.68 bits per heavy atom. The molecular formula is C16H16BrNO3S. The molecule has 0 radical (unpaired) electrons. The Labute approximate surface area is 141 Å². The maximum atomic E-state index is 12.4. The Balaban J connectivity index is 2.37. The summed E-state index contributed by atoms with van der Waals surface area (Å²) in [5.74, 6) is -0.680. The van der Waals surface area contributed by atoms with Crippen LogP contribution in [0.5, 0.6) is 0 Å². The average molecular weight is 382 g/mol. The second-order valence-electron chi connectivity index (χ2n) is 4.65. The van der Waals surface area contributed by atoms with Crippen LogP contribution < -0.4 is 5.32 Å². The first-order valence-electron chi connectivity index (χ1n) is 6.75. The molecule has 1 heterocycles. The zero-order valence-electron chi connectivity index (χ0n) is 12.5. The zero-order chi connectivity index (χ0) is 16.3. The monoisotopic (exact) mass is 381 g/mol. The summed E-state index contributed by atoms with van der Waals surface area (Å²) in [5.41, 5.74) is 1.89. The summed E-state index contributed by atoms with van der Waals surface area (Å²) in [6.45, 7) is 3.91. The number of carbonyl (C=O) groups is 2. The molecule has 1 aromatic carbocycles. The standard InChI is InChI=1S/C16H16BrNO3S/c1-4-12-9(2)22-15(13(12)16(20)21-3)18-14(19)10-6-5-7-11(17)8-10/h5-8H,4H2,1-3H3,(H,18,19). The summed E-state index contributed by atoms with van der Waals surface area (Å²) in [6, 6.07) is 7.09. The quantitative estimate of drug-likeness (QED) is 0.797. The molecule has 2 rings (SSSR count). The van der Waals surface area contributed by atoms with E-state index >= 15 is 0 Å². The van der Waals surface area contributed by atoms with Crippen LogP contribution in [-0.4, -0.2) is 19.0 Å². The smallest absolute Gasteiger partial charge is 0.341 e. The lowest BCUT2D eigenvalue weighted by molar-refractivity contribution is 0.0601. The number of halogens is 1. The number of hydrogen-bond donors (Lipinski definition) is 1. The minimum absolute atomic E-state index is 0.254. The SMILES string of the molecule is CCc1c(C)sc(NC(=O)c2cccc(Br)c2)c1C(=O)OC. The van der Waals surface area contributed by atoms with E-state index in [1.54, 1.807) is 18.2 Å². The van der Waals surface area contributed by atoms with Gasteiger partial charge in [-0.25, -0.2) is 4.79 Å². The van der Waals surface area contributed by atoms with Gasteiger partial charge in [0.05, 0.1) is 12.7 Å². The van der Waals surface area contributed by atoms with E-state index < -0.39 is 5.97 Å². The van der Waals surface area contributed by atoms with Gasteiger partial charge in [-0.2, -0.15) is 0 Å². The Morgan fingerprint density at radius 2 is 2.09 bits per heavy atom. The number of benzene rings is 1. The van der Waals surface area contributed by atoms with Gasteiger partial charge >= 0.3 is 5.97 Å². The molecule has 0 atom stereocenters. The van der Waals surface area contributed by atoms with Crippen LogP contribution in [0, 0.1) is 6.92 Å². The molecule has 0 aliphatic rings. The van der Waals surface area contributed by atoms with Crippen molar-refractivity contribution >= 4 is 44.1 Å². The molecule has 0 spiro atoms. The Kier molecular flexibility index (Phi) is 5.37. The lowest BCUT2D eigenvalue weighted by Gasteiger charge is -2.07. The Morgan fingerprint density at radius 1 is 1.36 bits per heavy atom. The predicted octanol–water partition coefficient (Wildman–Crippen LogP) is 4.42. The summed E-state index contributed by atoms with van der Waals surface area (Å²) >= 11 is 4.73. The predicted molar refractivity (Wildman–Crippen MR) is 91.9 cm³/mol. The highest BCUT2D eigenvalue weighted by molar-refractivity contribution is 9.10. The molecule has 0 fully saturated rings. The summed E-state index contributed by atoms with van der Waals surface area (Å²) in [6.07, 6.45) is 0.708. The fourth-order valence-corrected chi connectivity index (χ4v) is 3.74. The van der Waals surface area contributed by atoms with Gasteiger partial charge in [0.2, 0.25) is 0 Å². The van der Waals surface area contributed by atoms with Crippen LogP contribution in [0.25, 0.3) is 0 Å². The molecule has 1 aromatic heterocycles. The number of thiophene rings is 1. The second kappa shape index (κ2) is 7.07. The van der Waals surface area contributed by atoms with E-state index in [4.69, 9.17) is 4.74 Å². The number of ether oxygens (including phenoxy) is 1. The van der Waals surface area contributed by atoms with E-state index in [9.17, 15) is 9.59 Å². The maximum Gasteiger partial charge on any atom is 0.341 e. The van der Waals surface area contributed by atoms with Gasteiger partial charge in [-0.3, -0.25) is 4.79 Å². The van der Waals surface area contributed by atoms with Gasteiger partial charge in [-0.1, -0.05) is 28.9 Å². The fourth-order valence-electron chi connectivity index (χ4n) is 2.22. The number of carbonyl (C=O) groups excluding carboxylic acids is 2. The topological polar surface area (TPSA) is 55.4 Å². The third kappa shape index (κ3) is 3.39. The summed E-state index contributed by atoms with van der Waals surface area (Å²) in [5, 5.41) is 3.36. The lowest BCUT2D eigenvalue weighted by Crippen LogP contribution is -2.14. The number of hydrogen-bond acceptors (Lipinski definition) is 4. The molecule has 0 saturated heterocycles. The highest BCUT2D eigenvalue weighted by atomic mass is 79.9. The van der Waals surface area contributed by atoms with Gasteiger partial charge in [0, 0.05) is 14.9 Å². The van der Waals surface area contributed by atoms with Crippen molar-refractivity contribution in [3.8, 4) is 0 Å². The van der Waals surface area contributed by atoms with Gasteiger partial charge in [0.25, 0.3) is 5.91 Å². The number of esters is 1. The van der Waals surface area contributed by atoms with Crippen LogP contribution in [0.3, 0.4) is 0 Å². The van der Waals surface area contributed by atoms with Crippen LogP contribution in [0.15, 0.2) is 28.7 Å². The average Bonchev–Trinajstić information content (AvgIpc) is 2.81. The lowest BCUT2D eigenvalue weighted by atomic mass is 10.1. The van der Waals surface area contributed by atoms with Gasteiger partial charge in [0.1, 0.15) is 5.00 Å². The minimum atomic E-state index is -0.425.